The molecular weight excluding hydrogens is 342 g/mol. The van der Waals surface area contributed by atoms with Gasteiger partial charge in [0.2, 0.25) is 0 Å². The number of H-pyrrole nitrogens is 2. The second-order valence-electron chi connectivity index (χ2n) is 8.06. The zero-order chi connectivity index (χ0) is 19.0. The van der Waals surface area contributed by atoms with Gasteiger partial charge in [0.05, 0.1) is 17.6 Å². The van der Waals surface area contributed by atoms with Crippen LogP contribution < -0.4 is 5.56 Å². The van der Waals surface area contributed by atoms with Gasteiger partial charge in [-0.05, 0) is 30.9 Å². The third kappa shape index (κ3) is 3.10. The van der Waals surface area contributed by atoms with Crippen molar-refractivity contribution in [2.24, 2.45) is 5.92 Å². The molecule has 2 aromatic heterocycles. The zero-order valence-electron chi connectivity index (χ0n) is 16.0. The monoisotopic (exact) mass is 369 g/mol. The third-order valence-corrected chi connectivity index (χ3v) is 5.91. The number of amides is 1. The van der Waals surface area contributed by atoms with Crippen molar-refractivity contribution in [2.75, 3.05) is 26.2 Å². The van der Waals surface area contributed by atoms with Crippen molar-refractivity contribution in [1.29, 1.82) is 0 Å². The maximum absolute atomic E-state index is 12.8. The Kier molecular flexibility index (Phi) is 4.63. The molecule has 0 aromatic carbocycles. The van der Waals surface area contributed by atoms with Gasteiger partial charge < -0.3 is 14.9 Å². The first-order valence-electron chi connectivity index (χ1n) is 9.76. The second kappa shape index (κ2) is 6.96. The Hall–Kier alpha value is -2.41. The number of piperidine rings is 1. The van der Waals surface area contributed by atoms with Crippen LogP contribution in [-0.2, 0) is 12.0 Å². The first-order valence-corrected chi connectivity index (χ1v) is 9.76. The maximum atomic E-state index is 12.8. The number of likely N-dealkylation sites (tertiary alicyclic amines) is 1. The van der Waals surface area contributed by atoms with E-state index in [4.69, 9.17) is 0 Å². The molecule has 4 rings (SSSR count). The van der Waals surface area contributed by atoms with Gasteiger partial charge in [-0.1, -0.05) is 13.8 Å². The van der Waals surface area contributed by atoms with E-state index < -0.39 is 0 Å². The number of rotatable bonds is 3. The highest BCUT2D eigenvalue weighted by Gasteiger charge is 2.47. The predicted octanol–water partition coefficient (Wildman–Crippen LogP) is 1.74. The molecule has 0 unspecified atom stereocenters. The molecule has 4 heterocycles. The number of aromatic amines is 2. The van der Waals surface area contributed by atoms with E-state index in [0.29, 0.717) is 19.0 Å². The number of nitrogens with one attached hydrogen (secondary N) is 2. The molecule has 0 radical (unpaired) electrons. The van der Waals surface area contributed by atoms with Crippen LogP contribution in [0.15, 0.2) is 29.5 Å². The smallest absolute Gasteiger partial charge is 0.260 e. The zero-order valence-corrected chi connectivity index (χ0v) is 16.0. The summed E-state index contributed by atoms with van der Waals surface area (Å²) in [6.45, 7) is 7.79. The summed E-state index contributed by atoms with van der Waals surface area (Å²) in [5.74, 6) is 0.394. The van der Waals surface area contributed by atoms with Crippen molar-refractivity contribution in [1.82, 2.24) is 24.8 Å². The lowest BCUT2D eigenvalue weighted by Crippen LogP contribution is -2.58. The fraction of sp³-hybridized carbons (Fsp3) is 0.550. The SMILES string of the molecule is CC(C)CN1CCc2[nH]cnc2C12CCN(C(=O)c1ccc[nH]c1=O)CC2. The number of hydrogen-bond donors (Lipinski definition) is 2. The summed E-state index contributed by atoms with van der Waals surface area (Å²) in [6, 6.07) is 3.30. The van der Waals surface area contributed by atoms with Gasteiger partial charge in [0.15, 0.2) is 0 Å². The van der Waals surface area contributed by atoms with E-state index in [1.165, 1.54) is 5.69 Å². The molecule has 0 aliphatic carbocycles. The number of aromatic nitrogens is 3. The van der Waals surface area contributed by atoms with E-state index in [1.54, 1.807) is 24.7 Å². The average Bonchev–Trinajstić information content (AvgIpc) is 3.14. The minimum Gasteiger partial charge on any atom is -0.348 e. The van der Waals surface area contributed by atoms with Gasteiger partial charge in [0, 0.05) is 44.5 Å². The van der Waals surface area contributed by atoms with Crippen LogP contribution in [0.2, 0.25) is 0 Å². The van der Waals surface area contributed by atoms with Crippen molar-refractivity contribution in [3.8, 4) is 0 Å². The summed E-state index contributed by atoms with van der Waals surface area (Å²) < 4.78 is 0. The van der Waals surface area contributed by atoms with Crippen molar-refractivity contribution in [3.63, 3.8) is 0 Å². The van der Waals surface area contributed by atoms with Gasteiger partial charge in [-0.3, -0.25) is 14.5 Å². The molecule has 0 saturated carbocycles. The van der Waals surface area contributed by atoms with Crippen LogP contribution in [-0.4, -0.2) is 56.8 Å². The molecule has 0 atom stereocenters. The van der Waals surface area contributed by atoms with Gasteiger partial charge in [0.1, 0.15) is 5.56 Å². The van der Waals surface area contributed by atoms with Crippen LogP contribution in [0.3, 0.4) is 0 Å². The Morgan fingerprint density at radius 1 is 1.26 bits per heavy atom. The number of carbonyl (C=O) groups excluding carboxylic acids is 1. The topological polar surface area (TPSA) is 85.1 Å². The van der Waals surface area contributed by atoms with E-state index in [9.17, 15) is 9.59 Å². The molecule has 1 saturated heterocycles. The van der Waals surface area contributed by atoms with Crippen LogP contribution in [0.25, 0.3) is 0 Å². The number of pyridine rings is 1. The molecule has 1 amide bonds. The minimum absolute atomic E-state index is 0.113. The summed E-state index contributed by atoms with van der Waals surface area (Å²) in [7, 11) is 0. The van der Waals surface area contributed by atoms with Gasteiger partial charge >= 0.3 is 0 Å². The lowest BCUT2D eigenvalue weighted by Gasteiger charge is -2.51. The lowest BCUT2D eigenvalue weighted by molar-refractivity contribution is 0.000571. The summed E-state index contributed by atoms with van der Waals surface area (Å²) >= 11 is 0. The van der Waals surface area contributed by atoms with Crippen molar-refractivity contribution >= 4 is 5.91 Å². The quantitative estimate of drug-likeness (QED) is 0.863. The summed E-state index contributed by atoms with van der Waals surface area (Å²) in [6.07, 6.45) is 6.02. The molecule has 2 N–H and O–H groups in total. The minimum atomic E-state index is -0.323. The standard InChI is InChI=1S/C20H27N5O2/c1-14(2)12-25-9-5-16-17(23-13-22-16)20(25)6-10-24(11-7-20)19(27)15-4-3-8-21-18(15)26/h3-4,8,13-14H,5-7,9-12H2,1-2H3,(H,21,26)(H,22,23). The van der Waals surface area contributed by atoms with Crippen LogP contribution in [0.5, 0.6) is 0 Å². The van der Waals surface area contributed by atoms with Crippen molar-refractivity contribution in [3.05, 3.63) is 52.0 Å². The van der Waals surface area contributed by atoms with E-state index in [-0.39, 0.29) is 22.6 Å². The molecule has 1 fully saturated rings. The molecule has 27 heavy (non-hydrogen) atoms. The molecule has 1 spiro atoms. The highest BCUT2D eigenvalue weighted by Crippen LogP contribution is 2.42. The molecule has 7 nitrogen and oxygen atoms in total. The van der Waals surface area contributed by atoms with Crippen LogP contribution >= 0.6 is 0 Å². The van der Waals surface area contributed by atoms with E-state index in [0.717, 1.165) is 38.0 Å². The van der Waals surface area contributed by atoms with Crippen LogP contribution in [0.4, 0.5) is 0 Å². The number of fused-ring (bicyclic) bond motifs is 2. The van der Waals surface area contributed by atoms with E-state index in [1.807, 2.05) is 4.90 Å². The molecular formula is C20H27N5O2. The highest BCUT2D eigenvalue weighted by atomic mass is 16.2. The Balaban J connectivity index is 1.58. The molecule has 0 bridgehead atoms. The van der Waals surface area contributed by atoms with Gasteiger partial charge in [-0.15, -0.1) is 0 Å². The number of hydrogen-bond acceptors (Lipinski definition) is 4. The van der Waals surface area contributed by atoms with E-state index >= 15 is 0 Å². The first kappa shape index (κ1) is 18.0. The molecule has 2 aliphatic heterocycles. The first-order chi connectivity index (χ1) is 13.0. The van der Waals surface area contributed by atoms with Gasteiger partial charge in [0.25, 0.3) is 11.5 Å². The maximum Gasteiger partial charge on any atom is 0.260 e. The summed E-state index contributed by atoms with van der Waals surface area (Å²) in [5.41, 5.74) is 2.17. The summed E-state index contributed by atoms with van der Waals surface area (Å²) in [4.78, 5) is 39.7. The van der Waals surface area contributed by atoms with Crippen LogP contribution in [0, 0.1) is 5.92 Å². The molecule has 2 aliphatic rings. The fourth-order valence-electron chi connectivity index (χ4n) is 4.62. The van der Waals surface area contributed by atoms with E-state index in [2.05, 4.69) is 33.7 Å². The number of imidazole rings is 1. The predicted molar refractivity (Wildman–Crippen MR) is 103 cm³/mol. The summed E-state index contributed by atoms with van der Waals surface area (Å²) in [5, 5.41) is 0. The second-order valence-corrected chi connectivity index (χ2v) is 8.06. The molecule has 2 aromatic rings. The Bertz CT molecular complexity index is 876. The fourth-order valence-corrected chi connectivity index (χ4v) is 4.62. The van der Waals surface area contributed by atoms with Crippen molar-refractivity contribution < 1.29 is 4.79 Å². The Morgan fingerprint density at radius 2 is 2.04 bits per heavy atom. The highest BCUT2D eigenvalue weighted by molar-refractivity contribution is 5.93. The van der Waals surface area contributed by atoms with Gasteiger partial charge in [-0.25, -0.2) is 4.98 Å². The van der Waals surface area contributed by atoms with Crippen LogP contribution in [0.1, 0.15) is 48.4 Å². The Labute approximate surface area is 158 Å². The molecule has 7 heteroatoms. The average molecular weight is 369 g/mol. The largest absolute Gasteiger partial charge is 0.348 e. The van der Waals surface area contributed by atoms with Gasteiger partial charge in [-0.2, -0.15) is 0 Å². The Morgan fingerprint density at radius 3 is 2.74 bits per heavy atom. The normalized spacial score (nSPS) is 19.4. The van der Waals surface area contributed by atoms with Crippen molar-refractivity contribution in [2.45, 2.75) is 38.6 Å². The third-order valence-electron chi connectivity index (χ3n) is 5.91. The number of carbonyl (C=O) groups is 1. The number of nitrogens with zero attached hydrogens (tertiary/aromatic N) is 3. The lowest BCUT2D eigenvalue weighted by atomic mass is 9.78. The molecule has 144 valence electrons.